The molecule has 1 aromatic heterocycles. The summed E-state index contributed by atoms with van der Waals surface area (Å²) < 4.78 is 27.6. The molecule has 0 bridgehead atoms. The van der Waals surface area contributed by atoms with Gasteiger partial charge in [0.2, 0.25) is 20.8 Å². The third-order valence-electron chi connectivity index (χ3n) is 3.01. The fourth-order valence-electron chi connectivity index (χ4n) is 2.02. The lowest BCUT2D eigenvalue weighted by atomic mass is 10.2. The molecule has 0 aromatic carbocycles. The first-order valence-corrected chi connectivity index (χ1v) is 7.94. The Morgan fingerprint density at radius 3 is 2.68 bits per heavy atom. The Kier molecular flexibility index (Phi) is 3.69. The van der Waals surface area contributed by atoms with E-state index in [0.29, 0.717) is 11.6 Å². The molecular formula is C11H13ClN2O4S. The van der Waals surface area contributed by atoms with Crippen molar-refractivity contribution in [3.63, 3.8) is 0 Å². The number of aromatic nitrogens is 1. The highest BCUT2D eigenvalue weighted by molar-refractivity contribution is 8.14. The van der Waals surface area contributed by atoms with Crippen LogP contribution < -0.4 is 9.64 Å². The maximum absolute atomic E-state index is 11.8. The van der Waals surface area contributed by atoms with E-state index in [1.54, 1.807) is 13.0 Å². The molecular weight excluding hydrogens is 292 g/mol. The molecule has 0 radical (unpaired) electrons. The summed E-state index contributed by atoms with van der Waals surface area (Å²) in [6.45, 7) is 1.85. The van der Waals surface area contributed by atoms with E-state index in [2.05, 4.69) is 4.98 Å². The van der Waals surface area contributed by atoms with Gasteiger partial charge in [-0.05, 0) is 13.0 Å². The maximum Gasteiger partial charge on any atom is 0.237 e. The molecule has 1 saturated heterocycles. The SMILES string of the molecule is COc1ncc(N2CC(S(=O)(=O)Cl)CC2=O)cc1C. The summed E-state index contributed by atoms with van der Waals surface area (Å²) in [6, 6.07) is 1.73. The lowest BCUT2D eigenvalue weighted by molar-refractivity contribution is -0.117. The number of pyridine rings is 1. The number of rotatable bonds is 3. The van der Waals surface area contributed by atoms with E-state index < -0.39 is 14.3 Å². The zero-order valence-corrected chi connectivity index (χ0v) is 12.0. The molecule has 2 rings (SSSR count). The molecule has 1 amide bonds. The van der Waals surface area contributed by atoms with Gasteiger partial charge in [0.25, 0.3) is 0 Å². The van der Waals surface area contributed by atoms with Crippen LogP contribution in [0.1, 0.15) is 12.0 Å². The van der Waals surface area contributed by atoms with Crippen LogP contribution in [0.2, 0.25) is 0 Å². The quantitative estimate of drug-likeness (QED) is 0.781. The summed E-state index contributed by atoms with van der Waals surface area (Å²) in [7, 11) is 3.07. The third kappa shape index (κ3) is 2.82. The van der Waals surface area contributed by atoms with Crippen LogP contribution in [0.3, 0.4) is 0 Å². The number of carbonyl (C=O) groups is 1. The predicted octanol–water partition coefficient (Wildman–Crippen LogP) is 1.07. The molecule has 6 nitrogen and oxygen atoms in total. The second-order valence-corrected chi connectivity index (χ2v) is 7.23. The van der Waals surface area contributed by atoms with Crippen LogP contribution in [0.15, 0.2) is 12.3 Å². The van der Waals surface area contributed by atoms with Crippen molar-refractivity contribution in [1.82, 2.24) is 4.98 Å². The Morgan fingerprint density at radius 2 is 2.21 bits per heavy atom. The smallest absolute Gasteiger partial charge is 0.237 e. The van der Waals surface area contributed by atoms with Gasteiger partial charge in [-0.3, -0.25) is 4.79 Å². The Labute approximate surface area is 115 Å². The lowest BCUT2D eigenvalue weighted by Crippen LogP contribution is -2.26. The second-order valence-electron chi connectivity index (χ2n) is 4.33. The van der Waals surface area contributed by atoms with E-state index in [0.717, 1.165) is 5.56 Å². The van der Waals surface area contributed by atoms with Crippen LogP contribution in [0.4, 0.5) is 5.69 Å². The average Bonchev–Trinajstić information content (AvgIpc) is 2.71. The summed E-state index contributed by atoms with van der Waals surface area (Å²) in [6.07, 6.45) is 1.38. The molecule has 1 aliphatic heterocycles. The maximum atomic E-state index is 11.8. The zero-order chi connectivity index (χ0) is 14.2. The molecule has 0 saturated carbocycles. The van der Waals surface area contributed by atoms with Crippen molar-refractivity contribution < 1.29 is 17.9 Å². The Bertz CT molecular complexity index is 617. The number of aryl methyl sites for hydroxylation is 1. The van der Waals surface area contributed by atoms with Crippen molar-refractivity contribution in [3.8, 4) is 5.88 Å². The molecule has 19 heavy (non-hydrogen) atoms. The number of anilines is 1. The van der Waals surface area contributed by atoms with Crippen LogP contribution in [0.25, 0.3) is 0 Å². The van der Waals surface area contributed by atoms with Gasteiger partial charge in [-0.1, -0.05) is 0 Å². The lowest BCUT2D eigenvalue weighted by Gasteiger charge is -2.17. The highest BCUT2D eigenvalue weighted by Crippen LogP contribution is 2.28. The van der Waals surface area contributed by atoms with E-state index in [1.807, 2.05) is 0 Å². The highest BCUT2D eigenvalue weighted by Gasteiger charge is 2.38. The average molecular weight is 305 g/mol. The number of carbonyl (C=O) groups excluding carboxylic acids is 1. The Morgan fingerprint density at radius 1 is 1.53 bits per heavy atom. The monoisotopic (exact) mass is 304 g/mol. The Balaban J connectivity index is 2.28. The van der Waals surface area contributed by atoms with Gasteiger partial charge in [0.15, 0.2) is 0 Å². The molecule has 0 spiro atoms. The first-order chi connectivity index (χ1) is 8.82. The number of halogens is 1. The predicted molar refractivity (Wildman–Crippen MR) is 71.1 cm³/mol. The number of hydrogen-bond donors (Lipinski definition) is 0. The van der Waals surface area contributed by atoms with Gasteiger partial charge in [-0.2, -0.15) is 0 Å². The van der Waals surface area contributed by atoms with Gasteiger partial charge in [0.1, 0.15) is 5.25 Å². The first-order valence-electron chi connectivity index (χ1n) is 5.57. The normalized spacial score (nSPS) is 19.8. The molecule has 0 aliphatic carbocycles. The fourth-order valence-corrected chi connectivity index (χ4v) is 3.05. The fraction of sp³-hybridized carbons (Fsp3) is 0.455. The van der Waals surface area contributed by atoms with Crippen LogP contribution in [0.5, 0.6) is 5.88 Å². The van der Waals surface area contributed by atoms with Gasteiger partial charge in [-0.25, -0.2) is 13.4 Å². The zero-order valence-electron chi connectivity index (χ0n) is 10.5. The van der Waals surface area contributed by atoms with Crippen LogP contribution >= 0.6 is 10.7 Å². The van der Waals surface area contributed by atoms with Crippen molar-refractivity contribution in [1.29, 1.82) is 0 Å². The molecule has 1 aromatic rings. The van der Waals surface area contributed by atoms with E-state index in [9.17, 15) is 13.2 Å². The minimum absolute atomic E-state index is 0.0537. The number of ether oxygens (including phenoxy) is 1. The first kappa shape index (κ1) is 14.1. The second kappa shape index (κ2) is 4.97. The number of hydrogen-bond acceptors (Lipinski definition) is 5. The largest absolute Gasteiger partial charge is 0.481 e. The number of amides is 1. The van der Waals surface area contributed by atoms with Crippen molar-refractivity contribution >= 4 is 31.3 Å². The van der Waals surface area contributed by atoms with Gasteiger partial charge in [-0.15, -0.1) is 0 Å². The van der Waals surface area contributed by atoms with Crippen LogP contribution in [-0.4, -0.2) is 38.2 Å². The molecule has 104 valence electrons. The molecule has 2 heterocycles. The molecule has 1 aliphatic rings. The van der Waals surface area contributed by atoms with Crippen molar-refractivity contribution in [2.75, 3.05) is 18.6 Å². The third-order valence-corrected chi connectivity index (χ3v) is 4.88. The van der Waals surface area contributed by atoms with Crippen LogP contribution in [0, 0.1) is 6.92 Å². The topological polar surface area (TPSA) is 76.6 Å². The number of methoxy groups -OCH3 is 1. The summed E-state index contributed by atoms with van der Waals surface area (Å²) >= 11 is 0. The van der Waals surface area contributed by atoms with Gasteiger partial charge < -0.3 is 9.64 Å². The molecule has 0 N–H and O–H groups in total. The van der Waals surface area contributed by atoms with Crippen molar-refractivity contribution in [3.05, 3.63) is 17.8 Å². The van der Waals surface area contributed by atoms with E-state index >= 15 is 0 Å². The minimum Gasteiger partial charge on any atom is -0.481 e. The van der Waals surface area contributed by atoms with Gasteiger partial charge in [0, 0.05) is 29.2 Å². The molecule has 8 heteroatoms. The van der Waals surface area contributed by atoms with E-state index in [-0.39, 0.29) is 18.9 Å². The minimum atomic E-state index is -3.73. The van der Waals surface area contributed by atoms with E-state index in [4.69, 9.17) is 15.4 Å². The molecule has 1 unspecified atom stereocenters. The number of nitrogens with zero attached hydrogens (tertiary/aromatic N) is 2. The van der Waals surface area contributed by atoms with E-state index in [1.165, 1.54) is 18.2 Å². The summed E-state index contributed by atoms with van der Waals surface area (Å²) in [5.74, 6) is 0.192. The summed E-state index contributed by atoms with van der Waals surface area (Å²) in [5, 5.41) is -0.871. The Hall–Kier alpha value is -1.34. The van der Waals surface area contributed by atoms with Crippen LogP contribution in [-0.2, 0) is 13.8 Å². The van der Waals surface area contributed by atoms with Crippen molar-refractivity contribution in [2.45, 2.75) is 18.6 Å². The molecule has 1 fully saturated rings. The summed E-state index contributed by atoms with van der Waals surface area (Å²) in [4.78, 5) is 17.3. The van der Waals surface area contributed by atoms with Crippen molar-refractivity contribution in [2.24, 2.45) is 0 Å². The summed E-state index contributed by atoms with van der Waals surface area (Å²) in [5.41, 5.74) is 1.32. The highest BCUT2D eigenvalue weighted by atomic mass is 35.7. The standard InChI is InChI=1S/C11H13ClN2O4S/c1-7-3-8(5-13-11(7)18-2)14-6-9(4-10(14)15)19(12,16)17/h3,5,9H,4,6H2,1-2H3. The van der Waals surface area contributed by atoms with Gasteiger partial charge >= 0.3 is 0 Å². The van der Waals surface area contributed by atoms with Gasteiger partial charge in [0.05, 0.1) is 19.0 Å². The molecule has 1 atom stereocenters.